The van der Waals surface area contributed by atoms with Crippen LogP contribution in [0.5, 0.6) is 0 Å². The van der Waals surface area contributed by atoms with Gasteiger partial charge in [-0.1, -0.05) is 19.9 Å². The van der Waals surface area contributed by atoms with Crippen LogP contribution in [0.25, 0.3) is 22.2 Å². The third-order valence-electron chi connectivity index (χ3n) is 7.40. The van der Waals surface area contributed by atoms with Gasteiger partial charge in [0.15, 0.2) is 0 Å². The number of benzene rings is 1. The molecule has 1 amide bonds. The Labute approximate surface area is 204 Å². The second kappa shape index (κ2) is 9.91. The summed E-state index contributed by atoms with van der Waals surface area (Å²) in [5, 5.41) is 1.34. The maximum atomic E-state index is 12.5. The molecule has 0 spiro atoms. The second-order valence-corrected chi connectivity index (χ2v) is 10.7. The monoisotopic (exact) mass is 460 g/mol. The summed E-state index contributed by atoms with van der Waals surface area (Å²) < 4.78 is 0. The molecule has 1 aliphatic rings. The first kappa shape index (κ1) is 24.5. The predicted molar refractivity (Wildman–Crippen MR) is 141 cm³/mol. The maximum Gasteiger partial charge on any atom is 0.236 e. The third kappa shape index (κ3) is 5.05. The van der Waals surface area contributed by atoms with E-state index in [1.165, 1.54) is 33.3 Å². The highest BCUT2D eigenvalue weighted by Gasteiger charge is 2.25. The fourth-order valence-electron chi connectivity index (χ4n) is 5.31. The van der Waals surface area contributed by atoms with Crippen LogP contribution in [0, 0.1) is 13.8 Å². The number of aryl methyl sites for hydroxylation is 2. The molecule has 3 heterocycles. The molecule has 3 aromatic rings. The lowest BCUT2D eigenvalue weighted by molar-refractivity contribution is -0.132. The molecular formula is C29H40N4O. The molecule has 0 radical (unpaired) electrons. The van der Waals surface area contributed by atoms with Crippen LogP contribution >= 0.6 is 0 Å². The van der Waals surface area contributed by atoms with Crippen molar-refractivity contribution in [2.45, 2.75) is 72.3 Å². The molecule has 1 aromatic carbocycles. The van der Waals surface area contributed by atoms with Gasteiger partial charge in [0, 0.05) is 40.9 Å². The summed E-state index contributed by atoms with van der Waals surface area (Å²) in [4.78, 5) is 24.9. The molecule has 0 saturated carbocycles. The largest absolute Gasteiger partial charge is 0.354 e. The number of H-pyrrole nitrogens is 1. The van der Waals surface area contributed by atoms with Crippen LogP contribution in [-0.2, 0) is 4.79 Å². The lowest BCUT2D eigenvalue weighted by Crippen LogP contribution is -2.43. The van der Waals surface area contributed by atoms with Crippen LogP contribution in [0.4, 0.5) is 0 Å². The minimum Gasteiger partial charge on any atom is -0.354 e. The van der Waals surface area contributed by atoms with Gasteiger partial charge >= 0.3 is 0 Å². The van der Waals surface area contributed by atoms with Crippen LogP contribution in [0.2, 0.25) is 0 Å². The van der Waals surface area contributed by atoms with Crippen molar-refractivity contribution in [1.29, 1.82) is 0 Å². The number of piperidine rings is 1. The number of fused-ring (bicyclic) bond motifs is 1. The fraction of sp³-hybridized carbons (Fsp3) is 0.517. The van der Waals surface area contributed by atoms with Crippen LogP contribution in [0.3, 0.4) is 0 Å². The molecule has 1 N–H and O–H groups in total. The molecule has 34 heavy (non-hydrogen) atoms. The lowest BCUT2D eigenvalue weighted by Gasteiger charge is -2.33. The number of amides is 1. The highest BCUT2D eigenvalue weighted by molar-refractivity contribution is 5.92. The summed E-state index contributed by atoms with van der Waals surface area (Å²) in [5.74, 6) is 1.18. The van der Waals surface area contributed by atoms with Crippen molar-refractivity contribution in [3.8, 4) is 11.3 Å². The molecule has 2 aromatic heterocycles. The van der Waals surface area contributed by atoms with E-state index in [1.807, 2.05) is 11.9 Å². The molecule has 1 aliphatic heterocycles. The van der Waals surface area contributed by atoms with E-state index in [0.717, 1.165) is 37.3 Å². The summed E-state index contributed by atoms with van der Waals surface area (Å²) in [6, 6.07) is 11.6. The quantitative estimate of drug-likeness (QED) is 0.490. The summed E-state index contributed by atoms with van der Waals surface area (Å²) in [6.45, 7) is 15.3. The first-order valence-corrected chi connectivity index (χ1v) is 12.7. The zero-order valence-corrected chi connectivity index (χ0v) is 21.9. The molecular weight excluding hydrogens is 420 g/mol. The van der Waals surface area contributed by atoms with Gasteiger partial charge in [-0.3, -0.25) is 14.7 Å². The second-order valence-electron chi connectivity index (χ2n) is 10.7. The van der Waals surface area contributed by atoms with Gasteiger partial charge in [0.1, 0.15) is 0 Å². The molecule has 0 atom stereocenters. The Balaban J connectivity index is 1.56. The molecule has 0 bridgehead atoms. The van der Waals surface area contributed by atoms with E-state index >= 15 is 0 Å². The summed E-state index contributed by atoms with van der Waals surface area (Å²) in [7, 11) is 1.90. The third-order valence-corrected chi connectivity index (χ3v) is 7.40. The van der Waals surface area contributed by atoms with Gasteiger partial charge in [-0.25, -0.2) is 0 Å². The van der Waals surface area contributed by atoms with Crippen molar-refractivity contribution in [3.05, 3.63) is 52.8 Å². The number of nitrogens with one attached hydrogen (secondary N) is 1. The average Bonchev–Trinajstić information content (AvgIpc) is 3.17. The Hall–Kier alpha value is -2.66. The summed E-state index contributed by atoms with van der Waals surface area (Å²) >= 11 is 0. The Morgan fingerprint density at radius 2 is 1.74 bits per heavy atom. The summed E-state index contributed by atoms with van der Waals surface area (Å²) in [5.41, 5.74) is 8.56. The van der Waals surface area contributed by atoms with E-state index in [0.29, 0.717) is 18.4 Å². The standard InChI is InChI=1S/C29H40N4O/c1-18(2)28-25-16-23(22-10-12-33(13-11-22)17-27(34)32(7)19(3)4)8-9-26(25)31-29(28)24-14-20(5)30-21(6)15-24/h8-9,14-16,18-19,22,31H,10-13,17H2,1-7H3. The number of aromatic nitrogens is 2. The van der Waals surface area contributed by atoms with Gasteiger partial charge in [0.25, 0.3) is 0 Å². The van der Waals surface area contributed by atoms with Gasteiger partial charge < -0.3 is 9.88 Å². The highest BCUT2D eigenvalue weighted by atomic mass is 16.2. The van der Waals surface area contributed by atoms with E-state index in [9.17, 15) is 4.79 Å². The molecule has 5 nitrogen and oxygen atoms in total. The highest BCUT2D eigenvalue weighted by Crippen LogP contribution is 2.38. The van der Waals surface area contributed by atoms with Gasteiger partial charge in [-0.2, -0.15) is 0 Å². The first-order valence-electron chi connectivity index (χ1n) is 12.7. The van der Waals surface area contributed by atoms with E-state index in [-0.39, 0.29) is 11.9 Å². The van der Waals surface area contributed by atoms with Crippen molar-refractivity contribution in [2.75, 3.05) is 26.7 Å². The number of carbonyl (C=O) groups excluding carboxylic acids is 1. The number of aromatic amines is 1. The Bertz CT molecular complexity index is 1150. The molecule has 1 fully saturated rings. The first-order chi connectivity index (χ1) is 16.1. The number of nitrogens with zero attached hydrogens (tertiary/aromatic N) is 3. The number of likely N-dealkylation sites (N-methyl/N-ethyl adjacent to an activating group) is 1. The summed E-state index contributed by atoms with van der Waals surface area (Å²) in [6.07, 6.45) is 2.20. The predicted octanol–water partition coefficient (Wildman–Crippen LogP) is 6.02. The number of hydrogen-bond donors (Lipinski definition) is 1. The van der Waals surface area contributed by atoms with Crippen molar-refractivity contribution in [1.82, 2.24) is 19.8 Å². The lowest BCUT2D eigenvalue weighted by atomic mass is 9.87. The van der Waals surface area contributed by atoms with E-state index in [1.54, 1.807) is 0 Å². The number of hydrogen-bond acceptors (Lipinski definition) is 3. The SMILES string of the molecule is Cc1cc(-c2[nH]c3ccc(C4CCN(CC(=O)N(C)C(C)C)CC4)cc3c2C(C)C)cc(C)n1. The average molecular weight is 461 g/mol. The Morgan fingerprint density at radius 3 is 2.32 bits per heavy atom. The number of rotatable bonds is 6. The zero-order chi connectivity index (χ0) is 24.6. The number of carbonyl (C=O) groups is 1. The van der Waals surface area contributed by atoms with Crippen molar-refractivity contribution < 1.29 is 4.79 Å². The Morgan fingerprint density at radius 1 is 1.09 bits per heavy atom. The molecule has 1 saturated heterocycles. The van der Waals surface area contributed by atoms with Gasteiger partial charge in [-0.05, 0) is 101 Å². The topological polar surface area (TPSA) is 52.2 Å². The molecule has 182 valence electrons. The number of pyridine rings is 1. The molecule has 5 heteroatoms. The van der Waals surface area contributed by atoms with Crippen LogP contribution in [-0.4, -0.2) is 58.4 Å². The van der Waals surface area contributed by atoms with E-state index in [2.05, 4.69) is 86.7 Å². The van der Waals surface area contributed by atoms with Crippen LogP contribution < -0.4 is 0 Å². The smallest absolute Gasteiger partial charge is 0.236 e. The normalized spacial score (nSPS) is 15.6. The van der Waals surface area contributed by atoms with Crippen molar-refractivity contribution >= 4 is 16.8 Å². The van der Waals surface area contributed by atoms with E-state index < -0.39 is 0 Å². The van der Waals surface area contributed by atoms with Crippen LogP contribution in [0.1, 0.15) is 74.9 Å². The molecule has 4 rings (SSSR count). The fourth-order valence-corrected chi connectivity index (χ4v) is 5.31. The van der Waals surface area contributed by atoms with Crippen molar-refractivity contribution in [3.63, 3.8) is 0 Å². The minimum atomic E-state index is 0.220. The van der Waals surface area contributed by atoms with Gasteiger partial charge in [0.2, 0.25) is 5.91 Å². The van der Waals surface area contributed by atoms with Gasteiger partial charge in [-0.15, -0.1) is 0 Å². The van der Waals surface area contributed by atoms with Gasteiger partial charge in [0.05, 0.1) is 12.2 Å². The van der Waals surface area contributed by atoms with Crippen molar-refractivity contribution in [2.24, 2.45) is 0 Å². The maximum absolute atomic E-state index is 12.5. The molecule has 0 aliphatic carbocycles. The number of likely N-dealkylation sites (tertiary alicyclic amines) is 1. The molecule has 0 unspecified atom stereocenters. The van der Waals surface area contributed by atoms with E-state index in [4.69, 9.17) is 0 Å². The minimum absolute atomic E-state index is 0.220. The zero-order valence-electron chi connectivity index (χ0n) is 21.9. The van der Waals surface area contributed by atoms with Crippen LogP contribution in [0.15, 0.2) is 30.3 Å². The Kier molecular flexibility index (Phi) is 7.13.